The topological polar surface area (TPSA) is 45.4 Å². The van der Waals surface area contributed by atoms with Crippen LogP contribution in [0.1, 0.15) is 41.8 Å². The van der Waals surface area contributed by atoms with Crippen molar-refractivity contribution < 1.29 is 9.52 Å². The summed E-state index contributed by atoms with van der Waals surface area (Å²) in [5, 5.41) is 13.0. The van der Waals surface area contributed by atoms with Gasteiger partial charge in [0.25, 0.3) is 0 Å². The summed E-state index contributed by atoms with van der Waals surface area (Å²) in [5.74, 6) is 0.733. The van der Waals surface area contributed by atoms with Gasteiger partial charge in [0, 0.05) is 11.6 Å². The Balaban J connectivity index is 1.86. The first-order valence-corrected chi connectivity index (χ1v) is 8.14. The summed E-state index contributed by atoms with van der Waals surface area (Å²) in [5.41, 5.74) is 2.25. The molecule has 1 aliphatic rings. The first-order chi connectivity index (χ1) is 9.70. The van der Waals surface area contributed by atoms with E-state index in [1.807, 2.05) is 12.1 Å². The molecule has 0 aliphatic heterocycles. The maximum Gasteiger partial charge on any atom is 0.123 e. The number of aliphatic hydroxyl groups excluding tert-OH is 1. The molecule has 2 N–H and O–H groups in total. The summed E-state index contributed by atoms with van der Waals surface area (Å²) in [6.07, 6.45) is 4.63. The predicted octanol–water partition coefficient (Wildman–Crippen LogP) is 4.35. The second-order valence-corrected chi connectivity index (χ2v) is 7.13. The van der Waals surface area contributed by atoms with E-state index >= 15 is 0 Å². The Labute approximate surface area is 131 Å². The van der Waals surface area contributed by atoms with Crippen LogP contribution in [-0.2, 0) is 6.42 Å². The van der Waals surface area contributed by atoms with Gasteiger partial charge in [0.15, 0.2) is 0 Å². The molecule has 2 unspecified atom stereocenters. The van der Waals surface area contributed by atoms with Crippen molar-refractivity contribution in [3.63, 3.8) is 0 Å². The molecular formula is C14H15Cl2NO2S. The highest BCUT2D eigenvalue weighted by molar-refractivity contribution is 7.20. The van der Waals surface area contributed by atoms with Crippen molar-refractivity contribution in [3.8, 4) is 0 Å². The molecular weight excluding hydrogens is 317 g/mol. The molecule has 2 heterocycles. The number of nitrogens with one attached hydrogen (secondary N) is 1. The van der Waals surface area contributed by atoms with E-state index in [1.54, 1.807) is 6.26 Å². The summed E-state index contributed by atoms with van der Waals surface area (Å²) in [6, 6.07) is 3.56. The zero-order chi connectivity index (χ0) is 14.1. The molecule has 3 rings (SSSR count). The second-order valence-electron chi connectivity index (χ2n) is 4.90. The Bertz CT molecular complexity index is 582. The Morgan fingerprint density at radius 3 is 3.00 bits per heavy atom. The van der Waals surface area contributed by atoms with Crippen LogP contribution in [0.5, 0.6) is 0 Å². The lowest BCUT2D eigenvalue weighted by molar-refractivity contribution is 0.210. The Hall–Kier alpha value is -0.520. The van der Waals surface area contributed by atoms with Crippen molar-refractivity contribution in [2.75, 3.05) is 6.61 Å². The number of aliphatic hydroxyl groups is 1. The van der Waals surface area contributed by atoms with Crippen molar-refractivity contribution in [1.82, 2.24) is 5.32 Å². The Kier molecular flexibility index (Phi) is 4.38. The maximum absolute atomic E-state index is 9.57. The van der Waals surface area contributed by atoms with Gasteiger partial charge in [-0.1, -0.05) is 23.2 Å². The van der Waals surface area contributed by atoms with E-state index in [0.717, 1.165) is 44.8 Å². The molecule has 0 fully saturated rings. The minimum atomic E-state index is -0.226. The monoisotopic (exact) mass is 331 g/mol. The summed E-state index contributed by atoms with van der Waals surface area (Å²) in [7, 11) is 0. The highest BCUT2D eigenvalue weighted by Gasteiger charge is 2.29. The van der Waals surface area contributed by atoms with Gasteiger partial charge >= 0.3 is 0 Å². The molecule has 3 nitrogen and oxygen atoms in total. The average Bonchev–Trinajstić information content (AvgIpc) is 3.06. The molecule has 0 bridgehead atoms. The number of hydrogen-bond acceptors (Lipinski definition) is 4. The van der Waals surface area contributed by atoms with E-state index in [0.29, 0.717) is 0 Å². The summed E-state index contributed by atoms with van der Waals surface area (Å²) in [6.45, 7) is -0.0190. The van der Waals surface area contributed by atoms with Crippen LogP contribution in [0.3, 0.4) is 0 Å². The lowest BCUT2D eigenvalue weighted by Crippen LogP contribution is -2.30. The SMILES string of the molecule is OCC(NC1CCCc2c(Cl)sc(Cl)c21)c1ccco1. The van der Waals surface area contributed by atoms with Crippen LogP contribution < -0.4 is 5.32 Å². The van der Waals surface area contributed by atoms with Crippen LogP contribution in [0.25, 0.3) is 0 Å². The lowest BCUT2D eigenvalue weighted by atomic mass is 9.90. The van der Waals surface area contributed by atoms with E-state index in [9.17, 15) is 5.11 Å². The smallest absolute Gasteiger partial charge is 0.123 e. The highest BCUT2D eigenvalue weighted by Crippen LogP contribution is 2.45. The average molecular weight is 332 g/mol. The largest absolute Gasteiger partial charge is 0.468 e. The molecule has 6 heteroatoms. The highest BCUT2D eigenvalue weighted by atomic mass is 35.5. The zero-order valence-electron chi connectivity index (χ0n) is 10.7. The maximum atomic E-state index is 9.57. The molecule has 108 valence electrons. The van der Waals surface area contributed by atoms with Crippen LogP contribution in [0.4, 0.5) is 0 Å². The van der Waals surface area contributed by atoms with Gasteiger partial charge in [-0.15, -0.1) is 11.3 Å². The molecule has 0 saturated carbocycles. The first kappa shape index (κ1) is 14.4. The number of fused-ring (bicyclic) bond motifs is 1. The third-order valence-electron chi connectivity index (χ3n) is 3.69. The van der Waals surface area contributed by atoms with E-state index in [2.05, 4.69) is 5.32 Å². The minimum Gasteiger partial charge on any atom is -0.468 e. The molecule has 20 heavy (non-hydrogen) atoms. The van der Waals surface area contributed by atoms with Gasteiger partial charge < -0.3 is 9.52 Å². The normalized spacial score (nSPS) is 19.9. The molecule has 0 radical (unpaired) electrons. The Morgan fingerprint density at radius 1 is 1.45 bits per heavy atom. The third-order valence-corrected chi connectivity index (χ3v) is 5.41. The predicted molar refractivity (Wildman–Crippen MR) is 81.7 cm³/mol. The summed E-state index contributed by atoms with van der Waals surface area (Å²) < 4.78 is 6.91. The van der Waals surface area contributed by atoms with Gasteiger partial charge in [0.2, 0.25) is 0 Å². The second kappa shape index (κ2) is 6.08. The summed E-state index contributed by atoms with van der Waals surface area (Å²) in [4.78, 5) is 0. The van der Waals surface area contributed by atoms with Crippen LogP contribution >= 0.6 is 34.5 Å². The molecule has 0 saturated heterocycles. The van der Waals surface area contributed by atoms with Crippen molar-refractivity contribution in [2.45, 2.75) is 31.3 Å². The van der Waals surface area contributed by atoms with E-state index in [-0.39, 0.29) is 18.7 Å². The van der Waals surface area contributed by atoms with Gasteiger partial charge in [0.1, 0.15) is 5.76 Å². The fourth-order valence-electron chi connectivity index (χ4n) is 2.75. The number of furan rings is 1. The van der Waals surface area contributed by atoms with E-state index in [1.165, 1.54) is 11.3 Å². The van der Waals surface area contributed by atoms with E-state index < -0.39 is 0 Å². The molecule has 0 amide bonds. The number of thiophene rings is 1. The van der Waals surface area contributed by atoms with Gasteiger partial charge in [-0.25, -0.2) is 0 Å². The standard InChI is InChI=1S/C14H15Cl2NO2S/c15-13-8-3-1-4-9(12(8)14(16)20-13)17-10(7-18)11-5-2-6-19-11/h2,5-6,9-10,17-18H,1,3-4,7H2. The quantitative estimate of drug-likeness (QED) is 0.875. The van der Waals surface area contributed by atoms with Crippen molar-refractivity contribution in [1.29, 1.82) is 0 Å². The lowest BCUT2D eigenvalue weighted by Gasteiger charge is -2.28. The van der Waals surface area contributed by atoms with Crippen molar-refractivity contribution in [2.24, 2.45) is 0 Å². The molecule has 1 aliphatic carbocycles. The zero-order valence-corrected chi connectivity index (χ0v) is 13.1. The van der Waals surface area contributed by atoms with Gasteiger partial charge in [0.05, 0.1) is 27.6 Å². The van der Waals surface area contributed by atoms with Gasteiger partial charge in [-0.2, -0.15) is 0 Å². The summed E-state index contributed by atoms with van der Waals surface area (Å²) >= 11 is 14.0. The number of halogens is 2. The third kappa shape index (κ3) is 2.63. The van der Waals surface area contributed by atoms with Gasteiger partial charge in [-0.3, -0.25) is 5.32 Å². The first-order valence-electron chi connectivity index (χ1n) is 6.57. The van der Waals surface area contributed by atoms with Crippen molar-refractivity contribution >= 4 is 34.5 Å². The minimum absolute atomic E-state index is 0.0190. The molecule has 0 spiro atoms. The van der Waals surface area contributed by atoms with Crippen LogP contribution in [0.15, 0.2) is 22.8 Å². The molecule has 2 atom stereocenters. The van der Waals surface area contributed by atoms with Crippen LogP contribution in [0, 0.1) is 0 Å². The van der Waals surface area contributed by atoms with E-state index in [4.69, 9.17) is 27.6 Å². The number of hydrogen-bond donors (Lipinski definition) is 2. The Morgan fingerprint density at radius 2 is 2.30 bits per heavy atom. The van der Waals surface area contributed by atoms with Crippen LogP contribution in [0.2, 0.25) is 8.67 Å². The van der Waals surface area contributed by atoms with Crippen LogP contribution in [-0.4, -0.2) is 11.7 Å². The fourth-order valence-corrected chi connectivity index (χ4v) is 4.64. The number of rotatable bonds is 4. The van der Waals surface area contributed by atoms with Crippen molar-refractivity contribution in [3.05, 3.63) is 44.0 Å². The van der Waals surface area contributed by atoms with Gasteiger partial charge in [-0.05, 0) is 37.0 Å². The fraction of sp³-hybridized carbons (Fsp3) is 0.429. The molecule has 2 aromatic rings. The molecule has 2 aromatic heterocycles. The molecule has 0 aromatic carbocycles.